The number of hydrogen-bond acceptors (Lipinski definition) is 5. The van der Waals surface area contributed by atoms with Gasteiger partial charge in [0.2, 0.25) is 5.91 Å². The molecule has 0 saturated carbocycles. The highest BCUT2D eigenvalue weighted by molar-refractivity contribution is 8.00. The molecule has 0 saturated heterocycles. The molecule has 0 bridgehead atoms. The fraction of sp³-hybridized carbons (Fsp3) is 0.0857. The number of rotatable bonds is 10. The summed E-state index contributed by atoms with van der Waals surface area (Å²) in [5.74, 6) is -1.33. The number of hydrogen-bond donors (Lipinski definition) is 3. The Labute approximate surface area is 274 Å². The SMILES string of the molecule is Cc1c(NC(=O)CSc2cccc(NC(=O)/C(=C\c3ccccc3Cl)NC(=O)c3ccccc3)c2)c(=O)n(-c2ccccc2)n1C. The first-order chi connectivity index (χ1) is 22.2. The van der Waals surface area contributed by atoms with Crippen molar-refractivity contribution >= 4 is 58.5 Å². The van der Waals surface area contributed by atoms with Gasteiger partial charge in [0.25, 0.3) is 17.4 Å². The highest BCUT2D eigenvalue weighted by Crippen LogP contribution is 2.24. The van der Waals surface area contributed by atoms with Crippen LogP contribution in [0.5, 0.6) is 0 Å². The lowest BCUT2D eigenvalue weighted by atomic mass is 10.1. The number of nitrogens with one attached hydrogen (secondary N) is 3. The van der Waals surface area contributed by atoms with Gasteiger partial charge in [0.15, 0.2) is 0 Å². The van der Waals surface area contributed by atoms with E-state index in [0.717, 1.165) is 0 Å². The van der Waals surface area contributed by atoms with Crippen molar-refractivity contribution in [3.8, 4) is 5.69 Å². The average Bonchev–Trinajstić information content (AvgIpc) is 3.27. The van der Waals surface area contributed by atoms with Crippen LogP contribution in [0.2, 0.25) is 5.02 Å². The Kier molecular flexibility index (Phi) is 10.2. The molecule has 1 heterocycles. The zero-order valence-corrected chi connectivity index (χ0v) is 26.6. The number of carbonyl (C=O) groups is 3. The number of halogens is 1. The van der Waals surface area contributed by atoms with Gasteiger partial charge in [0, 0.05) is 28.2 Å². The van der Waals surface area contributed by atoms with Crippen molar-refractivity contribution < 1.29 is 14.4 Å². The standard InChI is InChI=1S/C35H30ClN5O4S/c1-23-32(35(45)41(40(23)2)27-16-7-4-8-17-27)39-31(42)22-46-28-18-11-15-26(21-28)37-34(44)30(20-25-14-9-10-19-29(25)36)38-33(43)24-12-5-3-6-13-24/h3-21H,22H2,1-2H3,(H,37,44)(H,38,43)(H,39,42)/b30-20+. The van der Waals surface area contributed by atoms with E-state index in [1.165, 1.54) is 22.5 Å². The maximum atomic E-state index is 13.4. The molecule has 0 aliphatic heterocycles. The molecule has 0 radical (unpaired) electrons. The molecule has 5 rings (SSSR count). The van der Waals surface area contributed by atoms with Crippen LogP contribution in [-0.2, 0) is 16.6 Å². The predicted octanol–water partition coefficient (Wildman–Crippen LogP) is 6.28. The topological polar surface area (TPSA) is 114 Å². The maximum absolute atomic E-state index is 13.4. The molecule has 3 N–H and O–H groups in total. The molecule has 232 valence electrons. The van der Waals surface area contributed by atoms with E-state index >= 15 is 0 Å². The Morgan fingerprint density at radius 2 is 1.52 bits per heavy atom. The molecule has 0 aliphatic carbocycles. The second kappa shape index (κ2) is 14.6. The molecule has 0 atom stereocenters. The van der Waals surface area contributed by atoms with Crippen molar-refractivity contribution in [2.24, 2.45) is 7.05 Å². The van der Waals surface area contributed by atoms with Crippen molar-refractivity contribution in [2.75, 3.05) is 16.4 Å². The van der Waals surface area contributed by atoms with E-state index in [2.05, 4.69) is 16.0 Å². The van der Waals surface area contributed by atoms with Gasteiger partial charge >= 0.3 is 0 Å². The Morgan fingerprint density at radius 1 is 0.848 bits per heavy atom. The summed E-state index contributed by atoms with van der Waals surface area (Å²) in [7, 11) is 1.76. The molecule has 0 fully saturated rings. The van der Waals surface area contributed by atoms with Gasteiger partial charge in [-0.15, -0.1) is 11.8 Å². The van der Waals surface area contributed by atoms with E-state index < -0.39 is 11.8 Å². The molecule has 11 heteroatoms. The average molecular weight is 652 g/mol. The van der Waals surface area contributed by atoms with E-state index in [0.29, 0.717) is 38.1 Å². The molecular weight excluding hydrogens is 622 g/mol. The second-order valence-electron chi connectivity index (χ2n) is 10.2. The molecule has 0 aliphatic rings. The number of aromatic nitrogens is 2. The van der Waals surface area contributed by atoms with Crippen LogP contribution in [0.3, 0.4) is 0 Å². The first-order valence-corrected chi connectivity index (χ1v) is 15.6. The summed E-state index contributed by atoms with van der Waals surface area (Å²) in [5, 5.41) is 8.69. The summed E-state index contributed by atoms with van der Waals surface area (Å²) < 4.78 is 3.20. The van der Waals surface area contributed by atoms with Gasteiger partial charge in [-0.1, -0.05) is 72.3 Å². The zero-order valence-electron chi connectivity index (χ0n) is 25.0. The van der Waals surface area contributed by atoms with Crippen LogP contribution in [-0.4, -0.2) is 32.8 Å². The van der Waals surface area contributed by atoms with Gasteiger partial charge in [-0.2, -0.15) is 0 Å². The van der Waals surface area contributed by atoms with Gasteiger partial charge in [-0.25, -0.2) is 4.68 Å². The van der Waals surface area contributed by atoms with E-state index in [-0.39, 0.29) is 28.6 Å². The number of carbonyl (C=O) groups excluding carboxylic acids is 3. The highest BCUT2D eigenvalue weighted by Gasteiger charge is 2.19. The van der Waals surface area contributed by atoms with Crippen molar-refractivity contribution in [2.45, 2.75) is 11.8 Å². The van der Waals surface area contributed by atoms with Crippen molar-refractivity contribution in [3.05, 3.63) is 147 Å². The van der Waals surface area contributed by atoms with Gasteiger partial charge in [0.05, 0.1) is 17.1 Å². The Morgan fingerprint density at radius 3 is 2.24 bits per heavy atom. The summed E-state index contributed by atoms with van der Waals surface area (Å²) in [4.78, 5) is 53.1. The summed E-state index contributed by atoms with van der Waals surface area (Å²) in [5.41, 5.74) is 2.61. The summed E-state index contributed by atoms with van der Waals surface area (Å²) in [6.07, 6.45) is 1.51. The predicted molar refractivity (Wildman–Crippen MR) is 184 cm³/mol. The third-order valence-electron chi connectivity index (χ3n) is 7.01. The largest absolute Gasteiger partial charge is 0.321 e. The van der Waals surface area contributed by atoms with E-state index in [1.807, 2.05) is 30.3 Å². The van der Waals surface area contributed by atoms with Crippen LogP contribution < -0.4 is 21.5 Å². The maximum Gasteiger partial charge on any atom is 0.295 e. The van der Waals surface area contributed by atoms with Crippen LogP contribution in [0, 0.1) is 6.92 Å². The quantitative estimate of drug-likeness (QED) is 0.122. The Balaban J connectivity index is 1.27. The lowest BCUT2D eigenvalue weighted by Crippen LogP contribution is -2.30. The minimum atomic E-state index is -0.557. The zero-order chi connectivity index (χ0) is 32.6. The highest BCUT2D eigenvalue weighted by atomic mass is 35.5. The number of nitrogens with zero attached hydrogens (tertiary/aromatic N) is 2. The van der Waals surface area contributed by atoms with Crippen LogP contribution >= 0.6 is 23.4 Å². The van der Waals surface area contributed by atoms with Crippen LogP contribution in [0.15, 0.2) is 125 Å². The van der Waals surface area contributed by atoms with Crippen molar-refractivity contribution in [1.29, 1.82) is 0 Å². The lowest BCUT2D eigenvalue weighted by Gasteiger charge is -2.12. The summed E-state index contributed by atoms with van der Waals surface area (Å²) in [6.45, 7) is 1.77. The van der Waals surface area contributed by atoms with Crippen LogP contribution in [0.25, 0.3) is 11.8 Å². The molecule has 4 aromatic carbocycles. The van der Waals surface area contributed by atoms with Crippen molar-refractivity contribution in [1.82, 2.24) is 14.7 Å². The van der Waals surface area contributed by atoms with E-state index in [4.69, 9.17) is 11.6 Å². The third-order valence-corrected chi connectivity index (χ3v) is 8.35. The van der Waals surface area contributed by atoms with Gasteiger partial charge in [0.1, 0.15) is 11.4 Å². The number of para-hydroxylation sites is 1. The van der Waals surface area contributed by atoms with Gasteiger partial charge in [-0.3, -0.25) is 23.9 Å². The number of thioether (sulfide) groups is 1. The normalized spacial score (nSPS) is 11.2. The second-order valence-corrected chi connectivity index (χ2v) is 11.6. The van der Waals surface area contributed by atoms with Crippen LogP contribution in [0.1, 0.15) is 21.6 Å². The minimum absolute atomic E-state index is 0.00113. The fourth-order valence-corrected chi connectivity index (χ4v) is 5.53. The number of benzene rings is 4. The molecule has 0 spiro atoms. The monoisotopic (exact) mass is 651 g/mol. The van der Waals surface area contributed by atoms with Crippen LogP contribution in [0.4, 0.5) is 11.4 Å². The number of anilines is 2. The van der Waals surface area contributed by atoms with E-state index in [1.54, 1.807) is 97.5 Å². The Bertz CT molecular complexity index is 1990. The fourth-order valence-electron chi connectivity index (χ4n) is 4.59. The molecule has 9 nitrogen and oxygen atoms in total. The minimum Gasteiger partial charge on any atom is -0.321 e. The van der Waals surface area contributed by atoms with E-state index in [9.17, 15) is 19.2 Å². The molecule has 3 amide bonds. The lowest BCUT2D eigenvalue weighted by molar-refractivity contribution is -0.114. The molecular formula is C35H30ClN5O4S. The summed E-state index contributed by atoms with van der Waals surface area (Å²) >= 11 is 7.58. The third kappa shape index (κ3) is 7.66. The molecule has 0 unspecified atom stereocenters. The molecule has 1 aromatic heterocycles. The molecule has 5 aromatic rings. The first kappa shape index (κ1) is 32.1. The smallest absolute Gasteiger partial charge is 0.295 e. The Hall–Kier alpha value is -5.32. The van der Waals surface area contributed by atoms with Gasteiger partial charge < -0.3 is 16.0 Å². The molecule has 46 heavy (non-hydrogen) atoms. The summed E-state index contributed by atoms with van der Waals surface area (Å²) in [6, 6.07) is 31.7. The van der Waals surface area contributed by atoms with Gasteiger partial charge in [-0.05, 0) is 67.1 Å². The first-order valence-electron chi connectivity index (χ1n) is 14.2. The number of amides is 3. The van der Waals surface area contributed by atoms with Crippen molar-refractivity contribution in [3.63, 3.8) is 0 Å².